The van der Waals surface area contributed by atoms with Crippen LogP contribution in [0.2, 0.25) is 0 Å². The molecule has 0 atom stereocenters. The van der Waals surface area contributed by atoms with Crippen molar-refractivity contribution in [1.29, 1.82) is 0 Å². The highest BCUT2D eigenvalue weighted by Gasteiger charge is 2.38. The van der Waals surface area contributed by atoms with Crippen molar-refractivity contribution < 1.29 is 14.3 Å². The summed E-state index contributed by atoms with van der Waals surface area (Å²) in [6.45, 7) is 7.47. The topological polar surface area (TPSA) is 58.6 Å². The zero-order valence-corrected chi connectivity index (χ0v) is 16.6. The highest BCUT2D eigenvalue weighted by Crippen LogP contribution is 2.30. The predicted octanol–water partition coefficient (Wildman–Crippen LogP) is 3.92. The Morgan fingerprint density at radius 3 is 2.39 bits per heavy atom. The van der Waals surface area contributed by atoms with Crippen LogP contribution >= 0.6 is 0 Å². The van der Waals surface area contributed by atoms with Crippen molar-refractivity contribution in [2.45, 2.75) is 27.2 Å². The lowest BCUT2D eigenvalue weighted by molar-refractivity contribution is -0.137. The maximum Gasteiger partial charge on any atom is 0.278 e. The molecule has 146 valence electrons. The van der Waals surface area contributed by atoms with Crippen LogP contribution in [0.4, 0.5) is 5.69 Å². The molecule has 0 radical (unpaired) electrons. The molecule has 0 unspecified atom stereocenters. The lowest BCUT2D eigenvalue weighted by atomic mass is 10.0. The van der Waals surface area contributed by atoms with E-state index >= 15 is 0 Å². The molecule has 0 fully saturated rings. The van der Waals surface area contributed by atoms with Crippen LogP contribution in [0.15, 0.2) is 54.2 Å². The van der Waals surface area contributed by atoms with E-state index in [2.05, 4.69) is 5.32 Å². The van der Waals surface area contributed by atoms with Gasteiger partial charge in [0.15, 0.2) is 0 Å². The Morgan fingerprint density at radius 1 is 0.964 bits per heavy atom. The summed E-state index contributed by atoms with van der Waals surface area (Å²) < 4.78 is 5.34. The van der Waals surface area contributed by atoms with Gasteiger partial charge in [-0.3, -0.25) is 14.5 Å². The van der Waals surface area contributed by atoms with E-state index in [1.807, 2.05) is 69.3 Å². The molecule has 0 saturated heterocycles. The number of carbonyl (C=O) groups is 2. The van der Waals surface area contributed by atoms with Gasteiger partial charge in [-0.25, -0.2) is 0 Å². The monoisotopic (exact) mass is 378 g/mol. The van der Waals surface area contributed by atoms with Gasteiger partial charge in [-0.15, -0.1) is 0 Å². The van der Waals surface area contributed by atoms with E-state index in [0.29, 0.717) is 37.4 Å². The molecule has 28 heavy (non-hydrogen) atoms. The molecule has 3 rings (SSSR count). The van der Waals surface area contributed by atoms with Crippen molar-refractivity contribution in [3.8, 4) is 0 Å². The maximum absolute atomic E-state index is 13.1. The van der Waals surface area contributed by atoms with E-state index in [1.54, 1.807) is 0 Å². The SMILES string of the molecule is CCOCCCN1C(=O)C(Nc2ccc(C)c(C)c2)=C(c2ccccc2)C1=O. The van der Waals surface area contributed by atoms with Gasteiger partial charge in [-0.2, -0.15) is 0 Å². The van der Waals surface area contributed by atoms with Crippen LogP contribution in [-0.4, -0.2) is 36.5 Å². The highest BCUT2D eigenvalue weighted by atomic mass is 16.5. The van der Waals surface area contributed by atoms with Crippen molar-refractivity contribution in [2.75, 3.05) is 25.1 Å². The van der Waals surface area contributed by atoms with E-state index in [4.69, 9.17) is 4.74 Å². The van der Waals surface area contributed by atoms with Gasteiger partial charge < -0.3 is 10.1 Å². The summed E-state index contributed by atoms with van der Waals surface area (Å²) in [5.41, 5.74) is 4.57. The second-order valence-electron chi connectivity index (χ2n) is 6.85. The second kappa shape index (κ2) is 8.85. The van der Waals surface area contributed by atoms with Crippen LogP contribution in [0.1, 0.15) is 30.0 Å². The van der Waals surface area contributed by atoms with Gasteiger partial charge in [0.1, 0.15) is 5.70 Å². The van der Waals surface area contributed by atoms with Gasteiger partial charge in [0.2, 0.25) is 0 Å². The Balaban J connectivity index is 1.92. The molecule has 1 heterocycles. The minimum Gasteiger partial charge on any atom is -0.382 e. The molecule has 2 amide bonds. The van der Waals surface area contributed by atoms with Gasteiger partial charge >= 0.3 is 0 Å². The third kappa shape index (κ3) is 4.15. The Kier molecular flexibility index (Phi) is 6.26. The number of hydrogen-bond donors (Lipinski definition) is 1. The fourth-order valence-electron chi connectivity index (χ4n) is 3.20. The van der Waals surface area contributed by atoms with Crippen molar-refractivity contribution in [3.05, 3.63) is 70.9 Å². The normalized spacial score (nSPS) is 14.2. The molecule has 0 saturated carbocycles. The van der Waals surface area contributed by atoms with Crippen LogP contribution in [0.5, 0.6) is 0 Å². The molecule has 1 aliphatic rings. The van der Waals surface area contributed by atoms with E-state index in [9.17, 15) is 9.59 Å². The summed E-state index contributed by atoms with van der Waals surface area (Å²) in [6.07, 6.45) is 0.615. The summed E-state index contributed by atoms with van der Waals surface area (Å²) in [4.78, 5) is 27.4. The Morgan fingerprint density at radius 2 is 1.71 bits per heavy atom. The van der Waals surface area contributed by atoms with Crippen LogP contribution < -0.4 is 5.32 Å². The lowest BCUT2D eigenvalue weighted by Gasteiger charge is -2.15. The predicted molar refractivity (Wildman–Crippen MR) is 111 cm³/mol. The number of imide groups is 1. The zero-order chi connectivity index (χ0) is 20.1. The number of benzene rings is 2. The number of carbonyl (C=O) groups excluding carboxylic acids is 2. The summed E-state index contributed by atoms with van der Waals surface area (Å²) in [7, 11) is 0. The number of anilines is 1. The second-order valence-corrected chi connectivity index (χ2v) is 6.85. The summed E-state index contributed by atoms with van der Waals surface area (Å²) in [5, 5.41) is 3.21. The quantitative estimate of drug-likeness (QED) is 0.559. The van der Waals surface area contributed by atoms with Crippen molar-refractivity contribution in [2.24, 2.45) is 0 Å². The van der Waals surface area contributed by atoms with E-state index in [-0.39, 0.29) is 11.8 Å². The summed E-state index contributed by atoms with van der Waals surface area (Å²) in [5.74, 6) is -0.558. The third-order valence-corrected chi connectivity index (χ3v) is 4.88. The molecule has 5 nitrogen and oxygen atoms in total. The van der Waals surface area contributed by atoms with Crippen LogP contribution in [0, 0.1) is 13.8 Å². The average Bonchev–Trinajstić information content (AvgIpc) is 2.92. The Labute approximate surface area is 166 Å². The number of nitrogens with one attached hydrogen (secondary N) is 1. The first kappa shape index (κ1) is 19.8. The van der Waals surface area contributed by atoms with Crippen LogP contribution in [-0.2, 0) is 14.3 Å². The molecule has 0 aliphatic carbocycles. The molecular weight excluding hydrogens is 352 g/mol. The first-order chi connectivity index (χ1) is 13.5. The molecule has 1 aliphatic heterocycles. The molecule has 1 N–H and O–H groups in total. The molecule has 0 spiro atoms. The fourth-order valence-corrected chi connectivity index (χ4v) is 3.20. The summed E-state index contributed by atoms with van der Waals surface area (Å²) >= 11 is 0. The molecule has 0 bridgehead atoms. The first-order valence-corrected chi connectivity index (χ1v) is 9.60. The third-order valence-electron chi connectivity index (χ3n) is 4.88. The van der Waals surface area contributed by atoms with Gasteiger partial charge in [0.25, 0.3) is 11.8 Å². The van der Waals surface area contributed by atoms with Gasteiger partial charge in [0.05, 0.1) is 5.57 Å². The van der Waals surface area contributed by atoms with E-state index < -0.39 is 0 Å². The van der Waals surface area contributed by atoms with Crippen LogP contribution in [0.25, 0.3) is 5.57 Å². The number of hydrogen-bond acceptors (Lipinski definition) is 4. The number of amides is 2. The van der Waals surface area contributed by atoms with E-state index in [0.717, 1.165) is 16.8 Å². The van der Waals surface area contributed by atoms with Crippen molar-refractivity contribution >= 4 is 23.1 Å². The zero-order valence-electron chi connectivity index (χ0n) is 16.6. The first-order valence-electron chi connectivity index (χ1n) is 9.60. The molecular formula is C23H26N2O3. The molecule has 2 aromatic rings. The smallest absolute Gasteiger partial charge is 0.278 e. The van der Waals surface area contributed by atoms with Crippen LogP contribution in [0.3, 0.4) is 0 Å². The van der Waals surface area contributed by atoms with Gasteiger partial charge in [-0.1, -0.05) is 36.4 Å². The largest absolute Gasteiger partial charge is 0.382 e. The van der Waals surface area contributed by atoms with E-state index in [1.165, 1.54) is 10.5 Å². The van der Waals surface area contributed by atoms with Crippen molar-refractivity contribution in [3.63, 3.8) is 0 Å². The number of rotatable bonds is 8. The lowest BCUT2D eigenvalue weighted by Crippen LogP contribution is -2.34. The number of ether oxygens (including phenoxy) is 1. The Hall–Kier alpha value is -2.92. The Bertz CT molecular complexity index is 903. The fraction of sp³-hybridized carbons (Fsp3) is 0.304. The number of nitrogens with zero attached hydrogens (tertiary/aromatic N) is 1. The average molecular weight is 378 g/mol. The maximum atomic E-state index is 13.1. The number of aryl methyl sites for hydroxylation is 2. The van der Waals surface area contributed by atoms with Crippen molar-refractivity contribution in [1.82, 2.24) is 4.90 Å². The molecule has 5 heteroatoms. The van der Waals surface area contributed by atoms with Gasteiger partial charge in [0, 0.05) is 25.4 Å². The minimum absolute atomic E-state index is 0.265. The highest BCUT2D eigenvalue weighted by molar-refractivity contribution is 6.36. The minimum atomic E-state index is -0.293. The molecule has 0 aromatic heterocycles. The summed E-state index contributed by atoms with van der Waals surface area (Å²) in [6, 6.07) is 15.2. The standard InChI is InChI=1S/C23H26N2O3/c1-4-28-14-8-13-25-22(26)20(18-9-6-5-7-10-18)21(23(25)27)24-19-12-11-16(2)17(3)15-19/h5-7,9-12,15,24H,4,8,13-14H2,1-3H3. The molecule has 2 aromatic carbocycles. The van der Waals surface area contributed by atoms with Gasteiger partial charge in [-0.05, 0) is 56.0 Å².